The lowest BCUT2D eigenvalue weighted by atomic mass is 10.0. The van der Waals surface area contributed by atoms with Gasteiger partial charge in [-0.05, 0) is 5.92 Å². The third-order valence-corrected chi connectivity index (χ3v) is 2.15. The fourth-order valence-corrected chi connectivity index (χ4v) is 1.21. The Kier molecular flexibility index (Phi) is 4.90. The molecule has 0 aliphatic rings. The third kappa shape index (κ3) is 2.81. The Balaban J connectivity index is 4.20. The fraction of sp³-hybridized carbons (Fsp3) is 0.889. The van der Waals surface area contributed by atoms with E-state index >= 15 is 0 Å². The van der Waals surface area contributed by atoms with Gasteiger partial charge in [0.25, 0.3) is 0 Å². The van der Waals surface area contributed by atoms with Crippen LogP contribution >= 0.6 is 0 Å². The van der Waals surface area contributed by atoms with Crippen LogP contribution in [0.15, 0.2) is 0 Å². The minimum Gasteiger partial charge on any atom is -0.394 e. The Hall–Kier alpha value is -0.570. The van der Waals surface area contributed by atoms with Crippen LogP contribution in [0, 0.1) is 5.92 Å². The van der Waals surface area contributed by atoms with E-state index in [0.717, 1.165) is 0 Å². The summed E-state index contributed by atoms with van der Waals surface area (Å²) < 4.78 is 0. The maximum Gasteiger partial charge on any atom is 0.222 e. The van der Waals surface area contributed by atoms with Gasteiger partial charge in [0.2, 0.25) is 5.91 Å². The van der Waals surface area contributed by atoms with Gasteiger partial charge in [0.15, 0.2) is 0 Å². The summed E-state index contributed by atoms with van der Waals surface area (Å²) in [5.41, 5.74) is 0. The minimum atomic E-state index is -0.0440. The topological polar surface area (TPSA) is 40.5 Å². The molecule has 72 valence electrons. The van der Waals surface area contributed by atoms with E-state index in [4.69, 9.17) is 5.11 Å². The molecule has 3 heteroatoms. The first-order chi connectivity index (χ1) is 5.54. The number of aliphatic hydroxyl groups is 1. The number of nitrogens with zero attached hydrogens (tertiary/aromatic N) is 1. The highest BCUT2D eigenvalue weighted by Gasteiger charge is 2.20. The molecular weight excluding hydrogens is 154 g/mol. The van der Waals surface area contributed by atoms with E-state index in [9.17, 15) is 4.79 Å². The zero-order chi connectivity index (χ0) is 9.72. The molecule has 12 heavy (non-hydrogen) atoms. The Morgan fingerprint density at radius 3 is 2.25 bits per heavy atom. The molecular formula is C9H19NO2. The molecule has 0 rings (SSSR count). The Bertz CT molecular complexity index is 145. The predicted molar refractivity (Wildman–Crippen MR) is 48.8 cm³/mol. The molecule has 0 aromatic heterocycles. The molecule has 0 heterocycles. The van der Waals surface area contributed by atoms with E-state index in [1.165, 1.54) is 0 Å². The van der Waals surface area contributed by atoms with Crippen LogP contribution < -0.4 is 0 Å². The second kappa shape index (κ2) is 5.14. The van der Waals surface area contributed by atoms with Gasteiger partial charge in [-0.2, -0.15) is 0 Å². The predicted octanol–water partition coefficient (Wildman–Crippen LogP) is 0.872. The standard InChI is InChI=1S/C9H19NO2/c1-5-9(12)10(4)8(6-11)7(2)3/h7-8,11H,5-6H2,1-4H3/t8-/m1/s1. The number of carbonyl (C=O) groups excluding carboxylic acids is 1. The molecule has 0 saturated carbocycles. The smallest absolute Gasteiger partial charge is 0.222 e. The number of rotatable bonds is 4. The summed E-state index contributed by atoms with van der Waals surface area (Å²) in [4.78, 5) is 12.9. The average molecular weight is 173 g/mol. The van der Waals surface area contributed by atoms with E-state index in [0.29, 0.717) is 12.3 Å². The number of aliphatic hydroxyl groups excluding tert-OH is 1. The lowest BCUT2D eigenvalue weighted by Gasteiger charge is -2.29. The average Bonchev–Trinajstić information content (AvgIpc) is 2.03. The summed E-state index contributed by atoms with van der Waals surface area (Å²) in [5, 5.41) is 9.02. The number of carbonyl (C=O) groups is 1. The summed E-state index contributed by atoms with van der Waals surface area (Å²) in [7, 11) is 1.74. The van der Waals surface area contributed by atoms with E-state index < -0.39 is 0 Å². The molecule has 0 saturated heterocycles. The minimum absolute atomic E-state index is 0.0416. The number of amides is 1. The summed E-state index contributed by atoms with van der Waals surface area (Å²) in [6, 6.07) is -0.0440. The lowest BCUT2D eigenvalue weighted by Crippen LogP contribution is -2.42. The van der Waals surface area contributed by atoms with Gasteiger partial charge in [0.1, 0.15) is 0 Å². The van der Waals surface area contributed by atoms with E-state index in [1.54, 1.807) is 11.9 Å². The normalized spacial score (nSPS) is 13.2. The lowest BCUT2D eigenvalue weighted by molar-refractivity contribution is -0.133. The maximum atomic E-state index is 11.2. The monoisotopic (exact) mass is 173 g/mol. The van der Waals surface area contributed by atoms with E-state index in [-0.39, 0.29) is 18.6 Å². The summed E-state index contributed by atoms with van der Waals surface area (Å²) in [6.07, 6.45) is 0.500. The van der Waals surface area contributed by atoms with Crippen LogP contribution in [0.25, 0.3) is 0 Å². The molecule has 0 bridgehead atoms. The zero-order valence-electron chi connectivity index (χ0n) is 8.37. The molecule has 0 aromatic carbocycles. The van der Waals surface area contributed by atoms with Gasteiger partial charge in [-0.3, -0.25) is 4.79 Å². The fourth-order valence-electron chi connectivity index (χ4n) is 1.21. The quantitative estimate of drug-likeness (QED) is 0.685. The highest BCUT2D eigenvalue weighted by molar-refractivity contribution is 5.75. The molecule has 0 aliphatic heterocycles. The molecule has 1 N–H and O–H groups in total. The summed E-state index contributed by atoms with van der Waals surface area (Å²) in [5.74, 6) is 0.387. The molecule has 0 fully saturated rings. The van der Waals surface area contributed by atoms with Crippen LogP contribution in [0.4, 0.5) is 0 Å². The van der Waals surface area contributed by atoms with Gasteiger partial charge in [0.05, 0.1) is 12.6 Å². The van der Waals surface area contributed by atoms with Crippen LogP contribution in [0.2, 0.25) is 0 Å². The number of hydrogen-bond acceptors (Lipinski definition) is 2. The van der Waals surface area contributed by atoms with Gasteiger partial charge in [-0.15, -0.1) is 0 Å². The first-order valence-electron chi connectivity index (χ1n) is 4.41. The molecule has 0 spiro atoms. The molecule has 1 amide bonds. The zero-order valence-corrected chi connectivity index (χ0v) is 8.37. The van der Waals surface area contributed by atoms with Crippen molar-refractivity contribution in [3.05, 3.63) is 0 Å². The second-order valence-corrected chi connectivity index (χ2v) is 3.35. The van der Waals surface area contributed by atoms with Gasteiger partial charge >= 0.3 is 0 Å². The van der Waals surface area contributed by atoms with Crippen molar-refractivity contribution in [2.75, 3.05) is 13.7 Å². The Labute approximate surface area is 74.4 Å². The van der Waals surface area contributed by atoms with Crippen molar-refractivity contribution in [1.29, 1.82) is 0 Å². The van der Waals surface area contributed by atoms with Crippen molar-refractivity contribution in [2.45, 2.75) is 33.2 Å². The van der Waals surface area contributed by atoms with Crippen LogP contribution in [-0.4, -0.2) is 35.6 Å². The third-order valence-electron chi connectivity index (χ3n) is 2.15. The van der Waals surface area contributed by atoms with Gasteiger partial charge < -0.3 is 10.0 Å². The first-order valence-corrected chi connectivity index (χ1v) is 4.41. The van der Waals surface area contributed by atoms with Crippen molar-refractivity contribution in [3.63, 3.8) is 0 Å². The molecule has 3 nitrogen and oxygen atoms in total. The van der Waals surface area contributed by atoms with E-state index in [1.807, 2.05) is 20.8 Å². The van der Waals surface area contributed by atoms with Crippen LogP contribution in [0.5, 0.6) is 0 Å². The van der Waals surface area contributed by atoms with Crippen molar-refractivity contribution in [1.82, 2.24) is 4.90 Å². The first kappa shape index (κ1) is 11.4. The highest BCUT2D eigenvalue weighted by atomic mass is 16.3. The summed E-state index contributed by atoms with van der Waals surface area (Å²) >= 11 is 0. The van der Waals surface area contributed by atoms with Crippen molar-refractivity contribution < 1.29 is 9.90 Å². The van der Waals surface area contributed by atoms with E-state index in [2.05, 4.69) is 0 Å². The Morgan fingerprint density at radius 1 is 1.50 bits per heavy atom. The van der Waals surface area contributed by atoms with Gasteiger partial charge in [0, 0.05) is 13.5 Å². The van der Waals surface area contributed by atoms with Gasteiger partial charge in [-0.25, -0.2) is 0 Å². The number of likely N-dealkylation sites (N-methyl/N-ethyl adjacent to an activating group) is 1. The number of hydrogen-bond donors (Lipinski definition) is 1. The van der Waals surface area contributed by atoms with Gasteiger partial charge in [-0.1, -0.05) is 20.8 Å². The van der Waals surface area contributed by atoms with Crippen molar-refractivity contribution >= 4 is 5.91 Å². The molecule has 1 atom stereocenters. The molecule has 0 aromatic rings. The molecule has 0 unspecified atom stereocenters. The van der Waals surface area contributed by atoms with Crippen molar-refractivity contribution in [3.8, 4) is 0 Å². The van der Waals surface area contributed by atoms with Crippen molar-refractivity contribution in [2.24, 2.45) is 5.92 Å². The summed E-state index contributed by atoms with van der Waals surface area (Å²) in [6.45, 7) is 5.87. The molecule has 0 radical (unpaired) electrons. The van der Waals surface area contributed by atoms with Crippen LogP contribution in [-0.2, 0) is 4.79 Å². The largest absolute Gasteiger partial charge is 0.394 e. The van der Waals surface area contributed by atoms with Crippen LogP contribution in [0.3, 0.4) is 0 Å². The maximum absolute atomic E-state index is 11.2. The highest BCUT2D eigenvalue weighted by Crippen LogP contribution is 2.09. The van der Waals surface area contributed by atoms with Crippen LogP contribution in [0.1, 0.15) is 27.2 Å². The Morgan fingerprint density at radius 2 is 2.00 bits per heavy atom. The SMILES string of the molecule is CCC(=O)N(C)[C@H](CO)C(C)C. The molecule has 0 aliphatic carbocycles. The second-order valence-electron chi connectivity index (χ2n) is 3.35.